The summed E-state index contributed by atoms with van der Waals surface area (Å²) >= 11 is 1.40. The maximum Gasteiger partial charge on any atom is 0.433 e. The summed E-state index contributed by atoms with van der Waals surface area (Å²) in [4.78, 5) is 14.9. The predicted molar refractivity (Wildman–Crippen MR) is 104 cm³/mol. The molecule has 2 heterocycles. The molecule has 146 valence electrons. The smallest absolute Gasteiger partial charge is 0.326 e. The Morgan fingerprint density at radius 2 is 2.04 bits per heavy atom. The largest absolute Gasteiger partial charge is 0.433 e. The zero-order valence-electron chi connectivity index (χ0n) is 15.0. The van der Waals surface area contributed by atoms with Gasteiger partial charge >= 0.3 is 6.18 Å². The lowest BCUT2D eigenvalue weighted by molar-refractivity contribution is -0.141. The second-order valence-electron chi connectivity index (χ2n) is 6.93. The number of nitrogens with zero attached hydrogens (tertiary/aromatic N) is 2. The van der Waals surface area contributed by atoms with Gasteiger partial charge in [0.25, 0.3) is 0 Å². The first-order valence-electron chi connectivity index (χ1n) is 8.89. The summed E-state index contributed by atoms with van der Waals surface area (Å²) in [5, 5.41) is 4.81. The molecule has 0 saturated heterocycles. The molecule has 1 aliphatic carbocycles. The van der Waals surface area contributed by atoms with E-state index in [0.717, 1.165) is 24.5 Å². The van der Waals surface area contributed by atoms with Gasteiger partial charge in [-0.15, -0.1) is 0 Å². The minimum absolute atomic E-state index is 0.170. The number of pyridine rings is 1. The molecule has 28 heavy (non-hydrogen) atoms. The summed E-state index contributed by atoms with van der Waals surface area (Å²) in [6.45, 7) is 1.44. The first kappa shape index (κ1) is 18.9. The summed E-state index contributed by atoms with van der Waals surface area (Å²) in [6, 6.07) is 9.96. The molecule has 1 fully saturated rings. The molecule has 1 saturated carbocycles. The highest BCUT2D eigenvalue weighted by Gasteiger charge is 2.40. The number of alkyl halides is 3. The van der Waals surface area contributed by atoms with E-state index in [0.29, 0.717) is 17.3 Å². The van der Waals surface area contributed by atoms with Crippen LogP contribution in [-0.2, 0) is 11.0 Å². The van der Waals surface area contributed by atoms with Crippen LogP contribution in [0.25, 0.3) is 0 Å². The molecule has 1 N–H and O–H groups in total. The molecule has 4 nitrogen and oxygen atoms in total. The molecule has 0 spiro atoms. The Labute approximate surface area is 165 Å². The van der Waals surface area contributed by atoms with E-state index in [2.05, 4.69) is 10.3 Å². The highest BCUT2D eigenvalue weighted by molar-refractivity contribution is 8.03. The fourth-order valence-electron chi connectivity index (χ4n) is 3.35. The Morgan fingerprint density at radius 1 is 1.25 bits per heavy atom. The molecule has 2 aromatic rings. The third kappa shape index (κ3) is 3.87. The second-order valence-corrected chi connectivity index (χ2v) is 7.77. The van der Waals surface area contributed by atoms with Gasteiger partial charge in [0.05, 0.1) is 11.7 Å². The summed E-state index contributed by atoms with van der Waals surface area (Å²) in [5.41, 5.74) is 2.35. The van der Waals surface area contributed by atoms with Crippen molar-refractivity contribution in [3.05, 3.63) is 64.8 Å². The van der Waals surface area contributed by atoms with E-state index >= 15 is 0 Å². The summed E-state index contributed by atoms with van der Waals surface area (Å²) in [5.74, 6) is 0.285. The Morgan fingerprint density at radius 3 is 2.71 bits per heavy atom. The first-order chi connectivity index (χ1) is 13.3. The van der Waals surface area contributed by atoms with Crippen LogP contribution < -0.4 is 9.62 Å². The quantitative estimate of drug-likeness (QED) is 0.676. The van der Waals surface area contributed by atoms with Crippen molar-refractivity contribution in [2.75, 3.05) is 9.62 Å². The van der Waals surface area contributed by atoms with Gasteiger partial charge in [0.1, 0.15) is 5.69 Å². The Balaban J connectivity index is 1.72. The van der Waals surface area contributed by atoms with E-state index in [1.165, 1.54) is 30.6 Å². The number of benzene rings is 1. The van der Waals surface area contributed by atoms with E-state index in [-0.39, 0.29) is 11.9 Å². The SMILES string of the molecule is CC(=O)Nc1cccc(C2C(C3CC3)=CSN2c2ccnc(C(F)(F)F)c2)c1. The molecule has 1 atom stereocenters. The van der Waals surface area contributed by atoms with E-state index in [1.54, 1.807) is 12.1 Å². The average Bonchev–Trinajstić information content (AvgIpc) is 3.39. The van der Waals surface area contributed by atoms with E-state index in [4.69, 9.17) is 0 Å². The summed E-state index contributed by atoms with van der Waals surface area (Å²) < 4.78 is 41.3. The number of hydrogen-bond acceptors (Lipinski definition) is 4. The van der Waals surface area contributed by atoms with Gasteiger partial charge in [0.2, 0.25) is 5.91 Å². The van der Waals surface area contributed by atoms with Crippen molar-refractivity contribution in [1.82, 2.24) is 4.98 Å². The van der Waals surface area contributed by atoms with Crippen molar-refractivity contribution in [2.24, 2.45) is 5.92 Å². The number of anilines is 2. The maximum absolute atomic E-state index is 13.1. The molecule has 1 aromatic carbocycles. The van der Waals surface area contributed by atoms with Crippen LogP contribution in [0, 0.1) is 5.92 Å². The second kappa shape index (κ2) is 7.16. The standard InChI is InChI=1S/C20H18F3N3OS/c1-12(27)25-15-4-2-3-14(9-15)19-17(13-5-6-13)11-28-26(19)16-7-8-24-18(10-16)20(21,22)23/h2-4,7-11,13,19H,5-6H2,1H3,(H,25,27). The molecular weight excluding hydrogens is 387 g/mol. The van der Waals surface area contributed by atoms with Crippen LogP contribution in [0.4, 0.5) is 24.5 Å². The summed E-state index contributed by atoms with van der Waals surface area (Å²) in [7, 11) is 0. The molecule has 1 amide bonds. The molecule has 1 unspecified atom stereocenters. The van der Waals surface area contributed by atoms with E-state index < -0.39 is 11.9 Å². The molecule has 0 bridgehead atoms. The van der Waals surface area contributed by atoms with Gasteiger partial charge in [-0.3, -0.25) is 9.78 Å². The fraction of sp³-hybridized carbons (Fsp3) is 0.300. The monoisotopic (exact) mass is 405 g/mol. The molecule has 0 radical (unpaired) electrons. The minimum Gasteiger partial charge on any atom is -0.326 e. The highest BCUT2D eigenvalue weighted by Crippen LogP contribution is 2.53. The number of amides is 1. The number of hydrogen-bond donors (Lipinski definition) is 1. The number of nitrogens with one attached hydrogen (secondary N) is 1. The summed E-state index contributed by atoms with van der Waals surface area (Å²) in [6.07, 6.45) is -1.12. The van der Waals surface area contributed by atoms with Crippen molar-refractivity contribution in [2.45, 2.75) is 32.0 Å². The first-order valence-corrected chi connectivity index (χ1v) is 9.73. The Bertz CT molecular complexity index is 940. The van der Waals surface area contributed by atoms with Gasteiger partial charge in [-0.25, -0.2) is 0 Å². The van der Waals surface area contributed by atoms with Crippen LogP contribution in [0.3, 0.4) is 0 Å². The van der Waals surface area contributed by atoms with Gasteiger partial charge in [0, 0.05) is 18.8 Å². The lowest BCUT2D eigenvalue weighted by Crippen LogP contribution is -2.21. The lowest BCUT2D eigenvalue weighted by atomic mass is 9.95. The van der Waals surface area contributed by atoms with Gasteiger partial charge in [0.15, 0.2) is 0 Å². The van der Waals surface area contributed by atoms with Crippen molar-refractivity contribution in [3.8, 4) is 0 Å². The van der Waals surface area contributed by atoms with Crippen LogP contribution in [0.2, 0.25) is 0 Å². The number of rotatable bonds is 4. The van der Waals surface area contributed by atoms with E-state index in [9.17, 15) is 18.0 Å². The number of halogens is 3. The lowest BCUT2D eigenvalue weighted by Gasteiger charge is -2.29. The number of carbonyl (C=O) groups is 1. The third-order valence-corrected chi connectivity index (χ3v) is 5.74. The average molecular weight is 405 g/mol. The molecule has 4 rings (SSSR count). The molecule has 1 aliphatic heterocycles. The van der Waals surface area contributed by atoms with Crippen molar-refractivity contribution >= 4 is 29.2 Å². The van der Waals surface area contributed by atoms with Crippen LogP contribution in [0.15, 0.2) is 53.6 Å². The van der Waals surface area contributed by atoms with Gasteiger partial charge in [-0.2, -0.15) is 13.2 Å². The third-order valence-electron chi connectivity index (χ3n) is 4.71. The van der Waals surface area contributed by atoms with Gasteiger partial charge < -0.3 is 9.62 Å². The highest BCUT2D eigenvalue weighted by atomic mass is 32.2. The Kier molecular flexibility index (Phi) is 4.82. The normalized spacial score (nSPS) is 19.5. The van der Waals surface area contributed by atoms with Crippen molar-refractivity contribution < 1.29 is 18.0 Å². The van der Waals surface area contributed by atoms with Crippen molar-refractivity contribution in [1.29, 1.82) is 0 Å². The molecule has 8 heteroatoms. The topological polar surface area (TPSA) is 45.2 Å². The van der Waals surface area contributed by atoms with Gasteiger partial charge in [-0.1, -0.05) is 12.1 Å². The van der Waals surface area contributed by atoms with Crippen molar-refractivity contribution in [3.63, 3.8) is 0 Å². The van der Waals surface area contributed by atoms with Crippen LogP contribution >= 0.6 is 11.9 Å². The Hall–Kier alpha value is -2.48. The zero-order chi connectivity index (χ0) is 19.9. The van der Waals surface area contributed by atoms with Crippen LogP contribution in [-0.4, -0.2) is 10.9 Å². The van der Waals surface area contributed by atoms with Crippen LogP contribution in [0.1, 0.15) is 37.1 Å². The minimum atomic E-state index is -4.49. The number of carbonyl (C=O) groups excluding carboxylic acids is 1. The predicted octanol–water partition coefficient (Wildman–Crippen LogP) is 5.56. The molecule has 2 aliphatic rings. The van der Waals surface area contributed by atoms with E-state index in [1.807, 2.05) is 27.9 Å². The van der Waals surface area contributed by atoms with Gasteiger partial charge in [-0.05, 0) is 71.5 Å². The van der Waals surface area contributed by atoms with Crippen LogP contribution in [0.5, 0.6) is 0 Å². The maximum atomic E-state index is 13.1. The molecule has 1 aromatic heterocycles. The fourth-order valence-corrected chi connectivity index (χ4v) is 4.51. The zero-order valence-corrected chi connectivity index (χ0v) is 15.8. The number of aromatic nitrogens is 1. The molecular formula is C20H18F3N3OS.